The van der Waals surface area contributed by atoms with Gasteiger partial charge in [0.15, 0.2) is 5.16 Å². The lowest BCUT2D eigenvalue weighted by atomic mass is 10.1. The molecule has 3 rings (SSSR count). The van der Waals surface area contributed by atoms with Crippen LogP contribution in [-0.2, 0) is 14.6 Å². The van der Waals surface area contributed by atoms with Crippen LogP contribution in [0.15, 0.2) is 56.2 Å². The van der Waals surface area contributed by atoms with Crippen molar-refractivity contribution in [3.63, 3.8) is 0 Å². The van der Waals surface area contributed by atoms with Crippen molar-refractivity contribution in [3.05, 3.63) is 53.0 Å². The van der Waals surface area contributed by atoms with E-state index >= 15 is 0 Å². The summed E-state index contributed by atoms with van der Waals surface area (Å²) in [6.45, 7) is 3.98. The van der Waals surface area contributed by atoms with Crippen LogP contribution in [-0.4, -0.2) is 30.0 Å². The largest absolute Gasteiger partial charge is 0.382 e. The van der Waals surface area contributed by atoms with Gasteiger partial charge in [-0.1, -0.05) is 23.9 Å². The Morgan fingerprint density at radius 3 is 2.68 bits per heavy atom. The number of rotatable bonds is 6. The molecule has 0 unspecified atom stereocenters. The second kappa shape index (κ2) is 8.29. The Labute approximate surface area is 171 Å². The van der Waals surface area contributed by atoms with Gasteiger partial charge >= 0.3 is 0 Å². The number of sulfone groups is 1. The van der Waals surface area contributed by atoms with Crippen molar-refractivity contribution >= 4 is 50.3 Å². The number of benzene rings is 1. The molecule has 0 saturated carbocycles. The Bertz CT molecular complexity index is 1110. The third-order valence-corrected chi connectivity index (χ3v) is 7.96. The third-order valence-electron chi connectivity index (χ3n) is 3.93. The number of carbonyl (C=O) groups is 1. The van der Waals surface area contributed by atoms with E-state index in [2.05, 4.69) is 15.3 Å². The summed E-state index contributed by atoms with van der Waals surface area (Å²) in [6.07, 6.45) is 1.18. The highest BCUT2D eigenvalue weighted by Crippen LogP contribution is 2.28. The molecule has 28 heavy (non-hydrogen) atoms. The van der Waals surface area contributed by atoms with Gasteiger partial charge in [-0.05, 0) is 48.6 Å². The van der Waals surface area contributed by atoms with Crippen LogP contribution >= 0.6 is 23.1 Å². The van der Waals surface area contributed by atoms with Gasteiger partial charge in [-0.15, -0.1) is 11.3 Å². The van der Waals surface area contributed by atoms with E-state index in [0.717, 1.165) is 34.2 Å². The molecule has 2 aromatic heterocycles. The standard InChI is InChI=1S/C18H18N4O3S3/c1-11-5-6-13(8-12(11)2)21-15(23)10-27-18-20-9-14(17(19)22-18)28(24,25)16-4-3-7-26-16/h3-9H,10H2,1-2H3,(H,21,23)(H2,19,20,22). The van der Waals surface area contributed by atoms with E-state index in [1.165, 1.54) is 12.3 Å². The maximum atomic E-state index is 12.5. The predicted octanol–water partition coefficient (Wildman–Crippen LogP) is 3.30. The molecule has 2 heterocycles. The molecule has 0 atom stereocenters. The molecule has 7 nitrogen and oxygen atoms in total. The fourth-order valence-corrected chi connectivity index (χ4v) is 5.32. The molecule has 0 aliphatic carbocycles. The van der Waals surface area contributed by atoms with Gasteiger partial charge in [0.1, 0.15) is 14.9 Å². The summed E-state index contributed by atoms with van der Waals surface area (Å²) >= 11 is 2.18. The molecule has 0 bridgehead atoms. The summed E-state index contributed by atoms with van der Waals surface area (Å²) in [5.41, 5.74) is 8.78. The zero-order valence-electron chi connectivity index (χ0n) is 15.2. The molecule has 1 amide bonds. The number of aromatic nitrogens is 2. The van der Waals surface area contributed by atoms with Crippen molar-refractivity contribution in [2.45, 2.75) is 28.1 Å². The molecule has 0 radical (unpaired) electrons. The molecule has 0 aliphatic heterocycles. The van der Waals surface area contributed by atoms with Gasteiger partial charge in [0.05, 0.1) is 11.9 Å². The van der Waals surface area contributed by atoms with Crippen LogP contribution in [0.25, 0.3) is 0 Å². The van der Waals surface area contributed by atoms with Crippen molar-refractivity contribution in [2.75, 3.05) is 16.8 Å². The van der Waals surface area contributed by atoms with E-state index in [9.17, 15) is 13.2 Å². The van der Waals surface area contributed by atoms with Crippen molar-refractivity contribution in [1.82, 2.24) is 9.97 Å². The maximum absolute atomic E-state index is 12.5. The number of nitrogens with one attached hydrogen (secondary N) is 1. The number of nitrogen functional groups attached to an aromatic ring is 1. The highest BCUT2D eigenvalue weighted by atomic mass is 32.2. The summed E-state index contributed by atoms with van der Waals surface area (Å²) in [5.74, 6) is -0.283. The summed E-state index contributed by atoms with van der Waals surface area (Å²) < 4.78 is 25.2. The van der Waals surface area contributed by atoms with Crippen molar-refractivity contribution in [2.24, 2.45) is 0 Å². The van der Waals surface area contributed by atoms with Gasteiger partial charge < -0.3 is 11.1 Å². The highest BCUT2D eigenvalue weighted by molar-refractivity contribution is 7.99. The number of hydrogen-bond donors (Lipinski definition) is 2. The Kier molecular flexibility index (Phi) is 6.01. The Hall–Kier alpha value is -2.43. The van der Waals surface area contributed by atoms with Crippen molar-refractivity contribution in [1.29, 1.82) is 0 Å². The minimum atomic E-state index is -3.74. The SMILES string of the molecule is Cc1ccc(NC(=O)CSc2ncc(S(=O)(=O)c3cccs3)c(N)n2)cc1C. The summed E-state index contributed by atoms with van der Waals surface area (Å²) in [7, 11) is -3.74. The zero-order chi connectivity index (χ0) is 20.3. The molecule has 10 heteroatoms. The quantitative estimate of drug-likeness (QED) is 0.452. The monoisotopic (exact) mass is 434 g/mol. The van der Waals surface area contributed by atoms with Crippen LogP contribution in [0.1, 0.15) is 11.1 Å². The van der Waals surface area contributed by atoms with E-state index in [1.54, 1.807) is 11.4 Å². The molecule has 0 aliphatic rings. The Morgan fingerprint density at radius 1 is 1.25 bits per heavy atom. The van der Waals surface area contributed by atoms with E-state index in [0.29, 0.717) is 5.69 Å². The average Bonchev–Trinajstić information content (AvgIpc) is 3.18. The molecular weight excluding hydrogens is 416 g/mol. The number of thiophene rings is 1. The molecule has 146 valence electrons. The van der Waals surface area contributed by atoms with Crippen LogP contribution in [0.5, 0.6) is 0 Å². The first-order valence-electron chi connectivity index (χ1n) is 8.18. The van der Waals surface area contributed by atoms with Gasteiger partial charge in [-0.2, -0.15) is 0 Å². The number of aryl methyl sites for hydroxylation is 2. The molecule has 0 fully saturated rings. The topological polar surface area (TPSA) is 115 Å². The van der Waals surface area contributed by atoms with Crippen LogP contribution in [0.3, 0.4) is 0 Å². The fourth-order valence-electron chi connectivity index (χ4n) is 2.31. The molecule has 3 aromatic rings. The third kappa shape index (κ3) is 4.51. The second-order valence-corrected chi connectivity index (χ2v) is 10.0. The average molecular weight is 435 g/mol. The number of carbonyl (C=O) groups excluding carboxylic acids is 1. The first-order valence-corrected chi connectivity index (χ1v) is 11.5. The number of nitrogens with two attached hydrogens (primary N) is 1. The normalized spacial score (nSPS) is 11.4. The van der Waals surface area contributed by atoms with E-state index in [-0.39, 0.29) is 31.7 Å². The molecule has 1 aromatic carbocycles. The Balaban J connectivity index is 1.66. The van der Waals surface area contributed by atoms with E-state index < -0.39 is 9.84 Å². The first-order chi connectivity index (χ1) is 13.3. The van der Waals surface area contributed by atoms with Crippen LogP contribution in [0.4, 0.5) is 11.5 Å². The molecular formula is C18H18N4O3S3. The van der Waals surface area contributed by atoms with Gasteiger partial charge in [0.2, 0.25) is 15.7 Å². The van der Waals surface area contributed by atoms with E-state index in [1.807, 2.05) is 32.0 Å². The number of hydrogen-bond acceptors (Lipinski definition) is 8. The zero-order valence-corrected chi connectivity index (χ0v) is 17.6. The van der Waals surface area contributed by atoms with Gasteiger partial charge in [0, 0.05) is 5.69 Å². The minimum Gasteiger partial charge on any atom is -0.382 e. The van der Waals surface area contributed by atoms with Crippen LogP contribution in [0.2, 0.25) is 0 Å². The number of anilines is 2. The molecule has 3 N–H and O–H groups in total. The minimum absolute atomic E-state index is 0.0728. The van der Waals surface area contributed by atoms with Gasteiger partial charge in [-0.25, -0.2) is 18.4 Å². The Morgan fingerprint density at radius 2 is 2.04 bits per heavy atom. The smallest absolute Gasteiger partial charge is 0.234 e. The lowest BCUT2D eigenvalue weighted by molar-refractivity contribution is -0.113. The number of amides is 1. The lowest BCUT2D eigenvalue weighted by Crippen LogP contribution is -2.15. The summed E-state index contributed by atoms with van der Waals surface area (Å²) in [4.78, 5) is 20.1. The van der Waals surface area contributed by atoms with Crippen LogP contribution < -0.4 is 11.1 Å². The van der Waals surface area contributed by atoms with Gasteiger partial charge in [0.25, 0.3) is 0 Å². The van der Waals surface area contributed by atoms with Crippen molar-refractivity contribution < 1.29 is 13.2 Å². The first kappa shape index (κ1) is 20.3. The molecule has 0 spiro atoms. The summed E-state index contributed by atoms with van der Waals surface area (Å²) in [5, 5.41) is 4.71. The fraction of sp³-hybridized carbons (Fsp3) is 0.167. The highest BCUT2D eigenvalue weighted by Gasteiger charge is 2.23. The predicted molar refractivity (Wildman–Crippen MR) is 111 cm³/mol. The van der Waals surface area contributed by atoms with Crippen LogP contribution in [0, 0.1) is 13.8 Å². The summed E-state index contributed by atoms with van der Waals surface area (Å²) in [6, 6.07) is 8.82. The van der Waals surface area contributed by atoms with Crippen molar-refractivity contribution in [3.8, 4) is 0 Å². The maximum Gasteiger partial charge on any atom is 0.234 e. The number of thioether (sulfide) groups is 1. The molecule has 0 saturated heterocycles. The lowest BCUT2D eigenvalue weighted by Gasteiger charge is -2.08. The number of nitrogens with zero attached hydrogens (tertiary/aromatic N) is 2. The second-order valence-electron chi connectivity index (χ2n) is 5.97. The van der Waals surface area contributed by atoms with E-state index in [4.69, 9.17) is 5.73 Å². The van der Waals surface area contributed by atoms with Gasteiger partial charge in [-0.3, -0.25) is 4.79 Å².